The Morgan fingerprint density at radius 1 is 0.574 bits per heavy atom. The smallest absolute Gasteiger partial charge is 0.128 e. The van der Waals surface area contributed by atoms with Crippen molar-refractivity contribution in [2.24, 2.45) is 9.98 Å². The Hall–Kier alpha value is -3.53. The molecule has 0 aliphatic carbocycles. The summed E-state index contributed by atoms with van der Waals surface area (Å²) in [4.78, 5) is 13.9. The molecule has 0 saturated carbocycles. The van der Waals surface area contributed by atoms with E-state index in [1.54, 1.807) is 12.1 Å². The minimum atomic E-state index is -0.257. The third kappa shape index (κ3) is 10.7. The molecule has 0 fully saturated rings. The predicted octanol–water partition coefficient (Wildman–Crippen LogP) is 7.24. The molecule has 0 aromatic heterocycles. The summed E-state index contributed by atoms with van der Waals surface area (Å²) in [6.45, 7) is 2.61. The van der Waals surface area contributed by atoms with Gasteiger partial charge in [0.15, 0.2) is 0 Å². The summed E-state index contributed by atoms with van der Waals surface area (Å²) in [6, 6.07) is 28.7. The molecule has 6 rings (SSSR count). The fourth-order valence-electron chi connectivity index (χ4n) is 5.29. The lowest BCUT2D eigenvalue weighted by Gasteiger charge is -2.16. The Morgan fingerprint density at radius 3 is 1.32 bits per heavy atom. The van der Waals surface area contributed by atoms with E-state index in [0.717, 1.165) is 58.3 Å². The lowest BCUT2D eigenvalue weighted by Crippen LogP contribution is -2.29. The summed E-state index contributed by atoms with van der Waals surface area (Å²) in [5, 5.41) is 0. The maximum Gasteiger partial charge on any atom is 0.128 e. The number of halogens is 5. The third-order valence-electron chi connectivity index (χ3n) is 7.12. The van der Waals surface area contributed by atoms with Crippen LogP contribution in [0.5, 0.6) is 11.5 Å². The number of para-hydroxylation sites is 2. The van der Waals surface area contributed by atoms with Gasteiger partial charge in [0.25, 0.3) is 0 Å². The van der Waals surface area contributed by atoms with Crippen molar-refractivity contribution in [3.8, 4) is 11.5 Å². The molecule has 47 heavy (non-hydrogen) atoms. The monoisotopic (exact) mass is 704 g/mol. The number of rotatable bonds is 6. The fourth-order valence-corrected chi connectivity index (χ4v) is 5.29. The van der Waals surface area contributed by atoms with Gasteiger partial charge in [0.2, 0.25) is 0 Å². The highest BCUT2D eigenvalue weighted by Crippen LogP contribution is 2.27. The molecular formula is C36H41Cl3F2N4O2. The van der Waals surface area contributed by atoms with Gasteiger partial charge < -0.3 is 19.3 Å². The normalized spacial score (nSPS) is 16.3. The maximum absolute atomic E-state index is 13.6. The van der Waals surface area contributed by atoms with Crippen LogP contribution >= 0.6 is 37.2 Å². The first-order chi connectivity index (χ1) is 21.3. The van der Waals surface area contributed by atoms with Gasteiger partial charge in [-0.2, -0.15) is 0 Å². The van der Waals surface area contributed by atoms with Gasteiger partial charge in [-0.25, -0.2) is 8.78 Å². The van der Waals surface area contributed by atoms with Crippen molar-refractivity contribution in [2.45, 2.75) is 12.1 Å². The first-order valence-electron chi connectivity index (χ1n) is 14.7. The molecule has 2 unspecified atom stereocenters. The van der Waals surface area contributed by atoms with Crippen LogP contribution in [0.4, 0.5) is 8.78 Å². The predicted molar refractivity (Wildman–Crippen MR) is 194 cm³/mol. The number of nitrogens with zero attached hydrogens (tertiary/aromatic N) is 4. The number of fused-ring (bicyclic) bond motifs is 2. The Labute approximate surface area is 294 Å². The SMILES string of the molecule is CN(C)CC1COc2ccccc2C(c2cccc(F)c2)=N1.CN(C)CC1COc2ccccc2C(c2cccc(F)c2)=N1.Cl.Cl.Cl. The van der Waals surface area contributed by atoms with Crippen LogP contribution in [0.3, 0.4) is 0 Å². The molecule has 4 aromatic rings. The zero-order chi connectivity index (χ0) is 31.1. The molecule has 0 N–H and O–H groups in total. The molecule has 0 saturated heterocycles. The minimum absolute atomic E-state index is 0. The van der Waals surface area contributed by atoms with Gasteiger partial charge in [-0.15, -0.1) is 37.2 Å². The highest BCUT2D eigenvalue weighted by atomic mass is 35.5. The summed E-state index contributed by atoms with van der Waals surface area (Å²) in [5.74, 6) is 1.08. The van der Waals surface area contributed by atoms with E-state index in [1.165, 1.54) is 24.3 Å². The Kier molecular flexibility index (Phi) is 15.8. The van der Waals surface area contributed by atoms with Crippen LogP contribution in [0, 0.1) is 11.6 Å². The van der Waals surface area contributed by atoms with Crippen LogP contribution < -0.4 is 9.47 Å². The molecule has 0 amide bonds. The number of aliphatic imine (C=N–C) groups is 2. The lowest BCUT2D eigenvalue weighted by atomic mass is 10.0. The van der Waals surface area contributed by atoms with Crippen molar-refractivity contribution in [3.05, 3.63) is 131 Å². The molecule has 0 radical (unpaired) electrons. The van der Waals surface area contributed by atoms with E-state index < -0.39 is 0 Å². The second kappa shape index (κ2) is 18.7. The summed E-state index contributed by atoms with van der Waals surface area (Å²) in [6.07, 6.45) is 0. The fraction of sp³-hybridized carbons (Fsp3) is 0.278. The van der Waals surface area contributed by atoms with E-state index in [2.05, 4.69) is 9.80 Å². The molecule has 6 nitrogen and oxygen atoms in total. The molecule has 2 aliphatic heterocycles. The van der Waals surface area contributed by atoms with Gasteiger partial charge in [0.1, 0.15) is 36.3 Å². The highest BCUT2D eigenvalue weighted by Gasteiger charge is 2.22. The quantitative estimate of drug-likeness (QED) is 0.212. The van der Waals surface area contributed by atoms with Crippen LogP contribution in [0.25, 0.3) is 0 Å². The molecule has 0 bridgehead atoms. The van der Waals surface area contributed by atoms with Crippen molar-refractivity contribution in [1.82, 2.24) is 9.80 Å². The van der Waals surface area contributed by atoms with Crippen LogP contribution in [0.1, 0.15) is 22.3 Å². The van der Waals surface area contributed by atoms with Gasteiger partial charge >= 0.3 is 0 Å². The van der Waals surface area contributed by atoms with E-state index in [9.17, 15) is 8.78 Å². The lowest BCUT2D eigenvalue weighted by molar-refractivity contribution is 0.258. The highest BCUT2D eigenvalue weighted by molar-refractivity contribution is 6.15. The Morgan fingerprint density at radius 2 is 0.957 bits per heavy atom. The molecule has 2 aliphatic rings. The molecule has 2 heterocycles. The van der Waals surface area contributed by atoms with Crippen LogP contribution in [0.15, 0.2) is 107 Å². The number of hydrogen-bond acceptors (Lipinski definition) is 6. The largest absolute Gasteiger partial charge is 0.491 e. The number of benzene rings is 4. The molecule has 0 spiro atoms. The minimum Gasteiger partial charge on any atom is -0.491 e. The van der Waals surface area contributed by atoms with Gasteiger partial charge in [-0.1, -0.05) is 48.5 Å². The third-order valence-corrected chi connectivity index (χ3v) is 7.12. The average molecular weight is 706 g/mol. The van der Waals surface area contributed by atoms with Gasteiger partial charge in [-0.05, 0) is 76.7 Å². The Bertz CT molecular complexity index is 1530. The number of ether oxygens (including phenoxy) is 2. The zero-order valence-electron chi connectivity index (χ0n) is 26.8. The first kappa shape index (κ1) is 39.6. The molecular weight excluding hydrogens is 665 g/mol. The topological polar surface area (TPSA) is 49.7 Å². The second-order valence-corrected chi connectivity index (χ2v) is 11.4. The average Bonchev–Trinajstić information content (AvgIpc) is 3.29. The van der Waals surface area contributed by atoms with Crippen molar-refractivity contribution in [2.75, 3.05) is 54.5 Å². The summed E-state index contributed by atoms with van der Waals surface area (Å²) in [7, 11) is 8.04. The number of likely N-dealkylation sites (N-methyl/N-ethyl adjacent to an activating group) is 2. The van der Waals surface area contributed by atoms with Crippen LogP contribution in [-0.4, -0.2) is 87.8 Å². The van der Waals surface area contributed by atoms with E-state index in [0.29, 0.717) is 13.2 Å². The summed E-state index contributed by atoms with van der Waals surface area (Å²) in [5.41, 5.74) is 4.96. The van der Waals surface area contributed by atoms with Gasteiger partial charge in [0, 0.05) is 35.3 Å². The molecule has 252 valence electrons. The van der Waals surface area contributed by atoms with Crippen molar-refractivity contribution in [1.29, 1.82) is 0 Å². The number of hydrogen-bond donors (Lipinski definition) is 0. The molecule has 11 heteroatoms. The van der Waals surface area contributed by atoms with Crippen LogP contribution in [0.2, 0.25) is 0 Å². The molecule has 4 aromatic carbocycles. The van der Waals surface area contributed by atoms with Crippen molar-refractivity contribution < 1.29 is 18.3 Å². The van der Waals surface area contributed by atoms with Crippen LogP contribution in [-0.2, 0) is 0 Å². The summed E-state index contributed by atoms with van der Waals surface area (Å²) >= 11 is 0. The van der Waals surface area contributed by atoms with E-state index in [-0.39, 0.29) is 60.9 Å². The Balaban J connectivity index is 0.000000307. The second-order valence-electron chi connectivity index (χ2n) is 11.4. The zero-order valence-corrected chi connectivity index (χ0v) is 29.3. The first-order valence-corrected chi connectivity index (χ1v) is 14.7. The standard InChI is InChI=1S/2C18H19FN2O.3ClH/c2*1-21(2)11-15-12-22-17-9-4-3-8-16(17)18(20-15)13-6-5-7-14(19)10-13;;;/h2*3-10,15H,11-12H2,1-2H3;3*1H. The van der Waals surface area contributed by atoms with Gasteiger partial charge in [0.05, 0.1) is 23.5 Å². The van der Waals surface area contributed by atoms with E-state index in [4.69, 9.17) is 19.5 Å². The summed E-state index contributed by atoms with van der Waals surface area (Å²) < 4.78 is 39.0. The molecule has 2 atom stereocenters. The van der Waals surface area contributed by atoms with Gasteiger partial charge in [-0.3, -0.25) is 9.98 Å². The maximum atomic E-state index is 13.6. The van der Waals surface area contributed by atoms with E-state index in [1.807, 2.05) is 88.9 Å². The van der Waals surface area contributed by atoms with Crippen molar-refractivity contribution >= 4 is 48.6 Å². The van der Waals surface area contributed by atoms with Crippen molar-refractivity contribution in [3.63, 3.8) is 0 Å². The van der Waals surface area contributed by atoms with E-state index >= 15 is 0 Å².